The number of carbonyl (C=O) groups is 2. The molecule has 1 aliphatic rings. The molecule has 3 aromatic rings. The number of hydrogen-bond acceptors (Lipinski definition) is 4. The highest BCUT2D eigenvalue weighted by Crippen LogP contribution is 2.35. The number of methoxy groups -OCH3 is 1. The molecule has 0 radical (unpaired) electrons. The predicted molar refractivity (Wildman–Crippen MR) is 105 cm³/mol. The van der Waals surface area contributed by atoms with Crippen LogP contribution in [0.5, 0.6) is 5.75 Å². The standard InChI is InChI=1S/C21H20N4O3/c1-14(15-6-4-3-5-7-15)24-13-20(26)25(21(24)27)17-8-9-18(19(10-17)28-2)16-11-22-23-12-16/h3-12,14H,13H2,1-2H3,(H,22,23). The number of imide groups is 1. The van der Waals surface area contributed by atoms with Gasteiger partial charge in [-0.3, -0.25) is 9.89 Å². The fourth-order valence-electron chi connectivity index (χ4n) is 3.44. The second kappa shape index (κ2) is 7.19. The summed E-state index contributed by atoms with van der Waals surface area (Å²) in [6, 6.07) is 14.4. The van der Waals surface area contributed by atoms with Gasteiger partial charge >= 0.3 is 6.03 Å². The second-order valence-electron chi connectivity index (χ2n) is 6.60. The van der Waals surface area contributed by atoms with Crippen molar-refractivity contribution in [2.24, 2.45) is 0 Å². The van der Waals surface area contributed by atoms with Crippen molar-refractivity contribution in [3.8, 4) is 16.9 Å². The molecule has 1 fully saturated rings. The number of carbonyl (C=O) groups excluding carboxylic acids is 2. The largest absolute Gasteiger partial charge is 0.496 e. The lowest BCUT2D eigenvalue weighted by molar-refractivity contribution is -0.116. The first-order valence-electron chi connectivity index (χ1n) is 8.96. The van der Waals surface area contributed by atoms with Crippen LogP contribution in [0, 0.1) is 0 Å². The number of hydrogen-bond donors (Lipinski definition) is 1. The Hall–Kier alpha value is -3.61. The molecule has 1 atom stereocenters. The third kappa shape index (κ3) is 3.00. The molecular weight excluding hydrogens is 356 g/mol. The maximum absolute atomic E-state index is 13.0. The van der Waals surface area contributed by atoms with Gasteiger partial charge in [-0.15, -0.1) is 0 Å². The zero-order valence-electron chi connectivity index (χ0n) is 15.6. The SMILES string of the molecule is COc1cc(N2C(=O)CN(C(C)c3ccccc3)C2=O)ccc1-c1cn[nH]c1. The Morgan fingerprint density at radius 3 is 2.61 bits per heavy atom. The van der Waals surface area contributed by atoms with E-state index in [1.165, 1.54) is 4.90 Å². The summed E-state index contributed by atoms with van der Waals surface area (Å²) in [4.78, 5) is 28.5. The number of ether oxygens (including phenoxy) is 1. The molecule has 4 rings (SSSR count). The van der Waals surface area contributed by atoms with Gasteiger partial charge < -0.3 is 9.64 Å². The number of aromatic amines is 1. The van der Waals surface area contributed by atoms with Gasteiger partial charge in [-0.2, -0.15) is 5.10 Å². The average molecular weight is 376 g/mol. The molecule has 28 heavy (non-hydrogen) atoms. The molecule has 2 heterocycles. The summed E-state index contributed by atoms with van der Waals surface area (Å²) in [5, 5.41) is 6.72. The zero-order valence-corrected chi connectivity index (χ0v) is 15.6. The molecule has 1 aromatic heterocycles. The van der Waals surface area contributed by atoms with Gasteiger partial charge in [-0.05, 0) is 24.6 Å². The van der Waals surface area contributed by atoms with Gasteiger partial charge in [0.15, 0.2) is 0 Å². The highest BCUT2D eigenvalue weighted by atomic mass is 16.5. The molecule has 2 aromatic carbocycles. The van der Waals surface area contributed by atoms with Crippen LogP contribution in [0.1, 0.15) is 18.5 Å². The molecule has 1 N–H and O–H groups in total. The topological polar surface area (TPSA) is 78.5 Å². The van der Waals surface area contributed by atoms with E-state index in [1.54, 1.807) is 36.5 Å². The molecule has 0 spiro atoms. The molecule has 7 nitrogen and oxygen atoms in total. The molecule has 1 saturated heterocycles. The van der Waals surface area contributed by atoms with E-state index >= 15 is 0 Å². The molecule has 0 bridgehead atoms. The third-order valence-electron chi connectivity index (χ3n) is 4.99. The van der Waals surface area contributed by atoms with Gasteiger partial charge in [0.2, 0.25) is 0 Å². The highest BCUT2D eigenvalue weighted by Gasteiger charge is 2.40. The van der Waals surface area contributed by atoms with Crippen molar-refractivity contribution in [1.82, 2.24) is 15.1 Å². The minimum atomic E-state index is -0.334. The second-order valence-corrected chi connectivity index (χ2v) is 6.60. The van der Waals surface area contributed by atoms with E-state index in [4.69, 9.17) is 4.74 Å². The van der Waals surface area contributed by atoms with Crippen LogP contribution in [-0.2, 0) is 4.79 Å². The summed E-state index contributed by atoms with van der Waals surface area (Å²) in [6.45, 7) is 1.97. The molecule has 3 amide bonds. The lowest BCUT2D eigenvalue weighted by atomic mass is 10.1. The van der Waals surface area contributed by atoms with Crippen LogP contribution in [0.2, 0.25) is 0 Å². The summed E-state index contributed by atoms with van der Waals surface area (Å²) < 4.78 is 5.48. The van der Waals surface area contributed by atoms with Crippen LogP contribution in [0.4, 0.5) is 10.5 Å². The maximum Gasteiger partial charge on any atom is 0.332 e. The quantitative estimate of drug-likeness (QED) is 0.690. The van der Waals surface area contributed by atoms with Gasteiger partial charge in [0, 0.05) is 23.4 Å². The minimum absolute atomic E-state index is 0.0424. The number of nitrogens with one attached hydrogen (secondary N) is 1. The van der Waals surface area contributed by atoms with Crippen molar-refractivity contribution >= 4 is 17.6 Å². The zero-order chi connectivity index (χ0) is 19.7. The van der Waals surface area contributed by atoms with E-state index in [-0.39, 0.29) is 24.5 Å². The summed E-state index contributed by atoms with van der Waals surface area (Å²) in [5.41, 5.74) is 3.16. The first-order valence-corrected chi connectivity index (χ1v) is 8.96. The van der Waals surface area contributed by atoms with Crippen LogP contribution in [0.15, 0.2) is 60.9 Å². The molecule has 1 aliphatic heterocycles. The average Bonchev–Trinajstić information content (AvgIpc) is 3.36. The van der Waals surface area contributed by atoms with Crippen LogP contribution in [-0.4, -0.2) is 40.7 Å². The van der Waals surface area contributed by atoms with E-state index in [0.717, 1.165) is 16.7 Å². The Balaban J connectivity index is 1.64. The summed E-state index contributed by atoms with van der Waals surface area (Å²) >= 11 is 0. The van der Waals surface area contributed by atoms with Crippen molar-refractivity contribution in [1.29, 1.82) is 0 Å². The summed E-state index contributed by atoms with van der Waals surface area (Å²) in [6.07, 6.45) is 3.44. The van der Waals surface area contributed by atoms with Gasteiger partial charge in [-0.1, -0.05) is 30.3 Å². The molecular formula is C21H20N4O3. The Bertz CT molecular complexity index is 1000. The third-order valence-corrected chi connectivity index (χ3v) is 4.99. The number of urea groups is 1. The maximum atomic E-state index is 13.0. The number of H-pyrrole nitrogens is 1. The van der Waals surface area contributed by atoms with E-state index in [9.17, 15) is 9.59 Å². The Labute approximate surface area is 162 Å². The first kappa shape index (κ1) is 17.8. The summed E-state index contributed by atoms with van der Waals surface area (Å²) in [7, 11) is 1.56. The van der Waals surface area contributed by atoms with Crippen molar-refractivity contribution in [2.75, 3.05) is 18.6 Å². The van der Waals surface area contributed by atoms with Crippen molar-refractivity contribution < 1.29 is 14.3 Å². The number of amides is 3. The smallest absolute Gasteiger partial charge is 0.332 e. The monoisotopic (exact) mass is 376 g/mol. The first-order chi connectivity index (χ1) is 13.6. The number of aromatic nitrogens is 2. The van der Waals surface area contributed by atoms with E-state index in [1.807, 2.05) is 43.3 Å². The molecule has 0 aliphatic carbocycles. The van der Waals surface area contributed by atoms with E-state index < -0.39 is 0 Å². The molecule has 0 saturated carbocycles. The lowest BCUT2D eigenvalue weighted by Gasteiger charge is -2.24. The fourth-order valence-corrected chi connectivity index (χ4v) is 3.44. The van der Waals surface area contributed by atoms with Gasteiger partial charge in [0.1, 0.15) is 12.3 Å². The van der Waals surface area contributed by atoms with Crippen molar-refractivity contribution in [2.45, 2.75) is 13.0 Å². The normalized spacial score (nSPS) is 15.2. The molecule has 1 unspecified atom stereocenters. The van der Waals surface area contributed by atoms with Crippen molar-refractivity contribution in [3.05, 3.63) is 66.5 Å². The van der Waals surface area contributed by atoms with Crippen molar-refractivity contribution in [3.63, 3.8) is 0 Å². The van der Waals surface area contributed by atoms with E-state index in [2.05, 4.69) is 10.2 Å². The molecule has 142 valence electrons. The highest BCUT2D eigenvalue weighted by molar-refractivity contribution is 6.20. The number of anilines is 1. The fraction of sp³-hybridized carbons (Fsp3) is 0.190. The van der Waals surface area contributed by atoms with Gasteiger partial charge in [-0.25, -0.2) is 9.69 Å². The number of rotatable bonds is 5. The van der Waals surface area contributed by atoms with Crippen LogP contribution < -0.4 is 9.64 Å². The lowest BCUT2D eigenvalue weighted by Crippen LogP contribution is -2.34. The van der Waals surface area contributed by atoms with Crippen LogP contribution in [0.3, 0.4) is 0 Å². The Kier molecular flexibility index (Phi) is 4.57. The Morgan fingerprint density at radius 1 is 1.14 bits per heavy atom. The van der Waals surface area contributed by atoms with E-state index in [0.29, 0.717) is 11.4 Å². The predicted octanol–water partition coefficient (Wildman–Crippen LogP) is 3.62. The van der Waals surface area contributed by atoms with Gasteiger partial charge in [0.25, 0.3) is 5.91 Å². The Morgan fingerprint density at radius 2 is 1.93 bits per heavy atom. The minimum Gasteiger partial charge on any atom is -0.496 e. The molecule has 7 heteroatoms. The number of benzene rings is 2. The van der Waals surface area contributed by atoms with Gasteiger partial charge in [0.05, 0.1) is 25.0 Å². The number of nitrogens with zero attached hydrogens (tertiary/aromatic N) is 3. The van der Waals surface area contributed by atoms with Crippen LogP contribution >= 0.6 is 0 Å². The van der Waals surface area contributed by atoms with Crippen LogP contribution in [0.25, 0.3) is 11.1 Å². The summed E-state index contributed by atoms with van der Waals surface area (Å²) in [5.74, 6) is 0.306.